The summed E-state index contributed by atoms with van der Waals surface area (Å²) < 4.78 is 1.89. The summed E-state index contributed by atoms with van der Waals surface area (Å²) in [7, 11) is 1.71. The molecule has 1 saturated carbocycles. The molecule has 2 amide bonds. The van der Waals surface area contributed by atoms with Crippen LogP contribution in [0.1, 0.15) is 38.6 Å². The largest absolute Gasteiger partial charge is 0.391 e. The zero-order chi connectivity index (χ0) is 17.3. The predicted molar refractivity (Wildman–Crippen MR) is 90.5 cm³/mol. The number of aliphatic hydroxyl groups excluding tert-OH is 1. The number of pyridine rings is 1. The van der Waals surface area contributed by atoms with Crippen LogP contribution in [-0.2, 0) is 0 Å². The Morgan fingerprint density at radius 1 is 1.42 bits per heavy atom. The minimum absolute atomic E-state index is 0.156. The molecular formula is C17H25N5O2. The van der Waals surface area contributed by atoms with Crippen LogP contribution in [0.5, 0.6) is 0 Å². The first-order valence-electron chi connectivity index (χ1n) is 8.46. The zero-order valence-electron chi connectivity index (χ0n) is 14.4. The van der Waals surface area contributed by atoms with Crippen LogP contribution in [0.4, 0.5) is 4.79 Å². The van der Waals surface area contributed by atoms with Crippen molar-refractivity contribution in [2.24, 2.45) is 11.8 Å². The molecule has 7 heteroatoms. The number of carbonyl (C=O) groups excluding carboxylic acids is 1. The molecule has 130 valence electrons. The molecule has 2 atom stereocenters. The van der Waals surface area contributed by atoms with E-state index < -0.39 is 6.10 Å². The second-order valence-electron chi connectivity index (χ2n) is 6.94. The summed E-state index contributed by atoms with van der Waals surface area (Å²) in [5, 5.41) is 21.5. The van der Waals surface area contributed by atoms with Crippen molar-refractivity contribution >= 4 is 11.7 Å². The topological polar surface area (TPSA) is 82.8 Å². The van der Waals surface area contributed by atoms with Crippen LogP contribution in [0.3, 0.4) is 0 Å². The van der Waals surface area contributed by atoms with E-state index in [4.69, 9.17) is 0 Å². The van der Waals surface area contributed by atoms with Crippen molar-refractivity contribution in [3.8, 4) is 0 Å². The van der Waals surface area contributed by atoms with Crippen molar-refractivity contribution in [3.05, 3.63) is 30.2 Å². The van der Waals surface area contributed by atoms with Crippen molar-refractivity contribution in [3.63, 3.8) is 0 Å². The summed E-state index contributed by atoms with van der Waals surface area (Å²) in [4.78, 5) is 14.1. The summed E-state index contributed by atoms with van der Waals surface area (Å²) in [5.74, 6) is 1.22. The van der Waals surface area contributed by atoms with Crippen LogP contribution in [0, 0.1) is 11.8 Å². The van der Waals surface area contributed by atoms with Gasteiger partial charge in [0.2, 0.25) is 0 Å². The van der Waals surface area contributed by atoms with Crippen molar-refractivity contribution in [2.45, 2.75) is 38.8 Å². The highest BCUT2D eigenvalue weighted by Gasteiger charge is 2.32. The molecule has 2 unspecified atom stereocenters. The fraction of sp³-hybridized carbons (Fsp3) is 0.588. The fourth-order valence-corrected chi connectivity index (χ4v) is 2.84. The van der Waals surface area contributed by atoms with Crippen LogP contribution in [-0.4, -0.2) is 50.3 Å². The number of fused-ring (bicyclic) bond motifs is 1. The van der Waals surface area contributed by atoms with Gasteiger partial charge in [0.25, 0.3) is 0 Å². The molecule has 0 spiro atoms. The van der Waals surface area contributed by atoms with Gasteiger partial charge in [0, 0.05) is 19.8 Å². The summed E-state index contributed by atoms with van der Waals surface area (Å²) in [6.45, 7) is 4.42. The lowest BCUT2D eigenvalue weighted by atomic mass is 10.0. The molecular weight excluding hydrogens is 306 g/mol. The van der Waals surface area contributed by atoms with Gasteiger partial charge in [-0.2, -0.15) is 0 Å². The van der Waals surface area contributed by atoms with Crippen LogP contribution >= 0.6 is 0 Å². The summed E-state index contributed by atoms with van der Waals surface area (Å²) >= 11 is 0. The highest BCUT2D eigenvalue weighted by molar-refractivity contribution is 5.74. The number of carbonyl (C=O) groups is 1. The standard InChI is InChI=1S/C17H25N5O2/c1-11(2)15(16-20-19-14-6-4-5-9-22(14)16)18-17(24)21(3)10-13(23)12-7-8-12/h4-6,9,11-13,15,23H,7-8,10H2,1-3H3,(H,18,24). The van der Waals surface area contributed by atoms with Crippen molar-refractivity contribution in [1.82, 2.24) is 24.8 Å². The van der Waals surface area contributed by atoms with Crippen molar-refractivity contribution < 1.29 is 9.90 Å². The molecule has 0 aromatic carbocycles. The molecule has 0 radical (unpaired) electrons. The third-order valence-corrected chi connectivity index (χ3v) is 4.54. The predicted octanol–water partition coefficient (Wildman–Crippen LogP) is 1.84. The Balaban J connectivity index is 1.72. The Morgan fingerprint density at radius 3 is 2.83 bits per heavy atom. The number of hydrogen-bond donors (Lipinski definition) is 2. The molecule has 0 aliphatic heterocycles. The maximum atomic E-state index is 12.5. The lowest BCUT2D eigenvalue weighted by Gasteiger charge is -2.26. The van der Waals surface area contributed by atoms with E-state index >= 15 is 0 Å². The average Bonchev–Trinajstić information content (AvgIpc) is 3.32. The molecule has 2 aromatic rings. The Labute approximate surface area is 141 Å². The van der Waals surface area contributed by atoms with E-state index in [2.05, 4.69) is 15.5 Å². The number of aliphatic hydroxyl groups is 1. The van der Waals surface area contributed by atoms with Crippen LogP contribution in [0.15, 0.2) is 24.4 Å². The molecule has 0 bridgehead atoms. The Morgan fingerprint density at radius 2 is 2.17 bits per heavy atom. The van der Waals surface area contributed by atoms with Gasteiger partial charge >= 0.3 is 6.03 Å². The van der Waals surface area contributed by atoms with Gasteiger partial charge in [-0.15, -0.1) is 10.2 Å². The third-order valence-electron chi connectivity index (χ3n) is 4.54. The van der Waals surface area contributed by atoms with Crippen LogP contribution in [0.25, 0.3) is 5.65 Å². The molecule has 0 saturated heterocycles. The van der Waals surface area contributed by atoms with Crippen LogP contribution in [0.2, 0.25) is 0 Å². The summed E-state index contributed by atoms with van der Waals surface area (Å²) in [6, 6.07) is 5.24. The average molecular weight is 331 g/mol. The molecule has 3 rings (SSSR count). The number of nitrogens with one attached hydrogen (secondary N) is 1. The number of likely N-dealkylation sites (N-methyl/N-ethyl adjacent to an activating group) is 1. The zero-order valence-corrected chi connectivity index (χ0v) is 14.4. The summed E-state index contributed by atoms with van der Waals surface area (Å²) in [5.41, 5.74) is 0.755. The van der Waals surface area contributed by atoms with E-state index in [1.165, 1.54) is 0 Å². The lowest BCUT2D eigenvalue weighted by Crippen LogP contribution is -2.44. The minimum Gasteiger partial charge on any atom is -0.391 e. The van der Waals surface area contributed by atoms with Gasteiger partial charge in [-0.25, -0.2) is 4.79 Å². The van der Waals surface area contributed by atoms with Crippen molar-refractivity contribution in [2.75, 3.05) is 13.6 Å². The molecule has 1 aliphatic rings. The normalized spacial score (nSPS) is 17.0. The Kier molecular flexibility index (Phi) is 4.71. The highest BCUT2D eigenvalue weighted by atomic mass is 16.3. The van der Waals surface area contributed by atoms with Gasteiger partial charge in [-0.1, -0.05) is 19.9 Å². The summed E-state index contributed by atoms with van der Waals surface area (Å²) in [6.07, 6.45) is 3.56. The number of urea groups is 1. The van der Waals surface area contributed by atoms with Gasteiger partial charge < -0.3 is 15.3 Å². The monoisotopic (exact) mass is 331 g/mol. The molecule has 2 aromatic heterocycles. The van der Waals surface area contributed by atoms with E-state index in [0.717, 1.165) is 18.5 Å². The third kappa shape index (κ3) is 3.51. The van der Waals surface area contributed by atoms with Gasteiger partial charge in [-0.3, -0.25) is 4.40 Å². The van der Waals surface area contributed by atoms with Gasteiger partial charge in [0.05, 0.1) is 12.1 Å². The quantitative estimate of drug-likeness (QED) is 0.846. The second-order valence-corrected chi connectivity index (χ2v) is 6.94. The fourth-order valence-electron chi connectivity index (χ4n) is 2.84. The number of aromatic nitrogens is 3. The van der Waals surface area contributed by atoms with E-state index in [1.54, 1.807) is 11.9 Å². The number of hydrogen-bond acceptors (Lipinski definition) is 4. The molecule has 1 aliphatic carbocycles. The molecule has 24 heavy (non-hydrogen) atoms. The van der Waals surface area contributed by atoms with E-state index in [9.17, 15) is 9.90 Å². The first kappa shape index (κ1) is 16.7. The number of amides is 2. The minimum atomic E-state index is -0.438. The van der Waals surface area contributed by atoms with E-state index in [0.29, 0.717) is 18.3 Å². The molecule has 2 N–H and O–H groups in total. The number of rotatable bonds is 6. The first-order chi connectivity index (χ1) is 11.5. The molecule has 2 heterocycles. The van der Waals surface area contributed by atoms with Crippen molar-refractivity contribution in [1.29, 1.82) is 0 Å². The second kappa shape index (κ2) is 6.76. The lowest BCUT2D eigenvalue weighted by molar-refractivity contribution is 0.112. The van der Waals surface area contributed by atoms with Gasteiger partial charge in [0.15, 0.2) is 11.5 Å². The van der Waals surface area contributed by atoms with Gasteiger partial charge in [-0.05, 0) is 36.8 Å². The Hall–Kier alpha value is -2.15. The van der Waals surface area contributed by atoms with Gasteiger partial charge in [0.1, 0.15) is 0 Å². The highest BCUT2D eigenvalue weighted by Crippen LogP contribution is 2.32. The SMILES string of the molecule is CC(C)C(NC(=O)N(C)CC(O)C1CC1)c1nnc2ccccn12. The van der Waals surface area contributed by atoms with Crippen LogP contribution < -0.4 is 5.32 Å². The molecule has 1 fully saturated rings. The van der Waals surface area contributed by atoms with E-state index in [-0.39, 0.29) is 18.0 Å². The smallest absolute Gasteiger partial charge is 0.317 e. The maximum absolute atomic E-state index is 12.5. The first-order valence-corrected chi connectivity index (χ1v) is 8.46. The molecule has 7 nitrogen and oxygen atoms in total. The number of nitrogens with zero attached hydrogens (tertiary/aromatic N) is 4. The van der Waals surface area contributed by atoms with E-state index in [1.807, 2.05) is 42.6 Å². The maximum Gasteiger partial charge on any atom is 0.317 e. The Bertz CT molecular complexity index is 710.